The molecular weight excluding hydrogens is 767 g/mol. The Bertz CT molecular complexity index is 1140. The first-order valence-corrected chi connectivity index (χ1v) is 25.0. The maximum atomic E-state index is 13.0. The van der Waals surface area contributed by atoms with E-state index in [0.29, 0.717) is 6.42 Å². The summed E-state index contributed by atoms with van der Waals surface area (Å²) < 4.78 is 11.2. The molecule has 9 nitrogen and oxygen atoms in total. The molecule has 61 heavy (non-hydrogen) atoms. The average molecular weight is 860 g/mol. The van der Waals surface area contributed by atoms with E-state index >= 15 is 0 Å². The van der Waals surface area contributed by atoms with Crippen LogP contribution in [0.2, 0.25) is 0 Å². The fourth-order valence-electron chi connectivity index (χ4n) is 7.51. The zero-order chi connectivity index (χ0) is 44.4. The van der Waals surface area contributed by atoms with Crippen LogP contribution in [-0.4, -0.2) is 87.5 Å². The van der Waals surface area contributed by atoms with Crippen LogP contribution in [0.25, 0.3) is 0 Å². The number of carbonyl (C=O) groups is 1. The number of rotatable bonds is 41. The minimum absolute atomic E-state index is 0.207. The summed E-state index contributed by atoms with van der Waals surface area (Å²) in [7, 11) is 0. The van der Waals surface area contributed by atoms with Crippen molar-refractivity contribution in [2.75, 3.05) is 13.2 Å². The van der Waals surface area contributed by atoms with Gasteiger partial charge in [-0.25, -0.2) is 0 Å². The largest absolute Gasteiger partial charge is 0.394 e. The van der Waals surface area contributed by atoms with Crippen LogP contribution in [-0.2, 0) is 14.3 Å². The van der Waals surface area contributed by atoms with E-state index in [9.17, 15) is 30.3 Å². The van der Waals surface area contributed by atoms with E-state index in [4.69, 9.17) is 9.47 Å². The van der Waals surface area contributed by atoms with Gasteiger partial charge in [0.15, 0.2) is 6.29 Å². The van der Waals surface area contributed by atoms with Crippen LogP contribution in [0.15, 0.2) is 60.8 Å². The summed E-state index contributed by atoms with van der Waals surface area (Å²) in [4.78, 5) is 13.0. The topological polar surface area (TPSA) is 149 Å². The number of allylic oxidation sites excluding steroid dienone is 9. The lowest BCUT2D eigenvalue weighted by molar-refractivity contribution is -0.302. The zero-order valence-corrected chi connectivity index (χ0v) is 38.9. The lowest BCUT2D eigenvalue weighted by atomic mass is 9.99. The van der Waals surface area contributed by atoms with E-state index in [0.717, 1.165) is 70.6 Å². The number of hydrogen-bond donors (Lipinski definition) is 6. The molecule has 1 saturated heterocycles. The molecule has 0 aromatic rings. The molecule has 0 aliphatic carbocycles. The van der Waals surface area contributed by atoms with E-state index in [1.54, 1.807) is 6.08 Å². The van der Waals surface area contributed by atoms with Crippen molar-refractivity contribution in [3.63, 3.8) is 0 Å². The number of nitrogens with one attached hydrogen (secondary N) is 1. The van der Waals surface area contributed by atoms with Crippen molar-refractivity contribution in [1.82, 2.24) is 5.32 Å². The molecule has 1 fully saturated rings. The van der Waals surface area contributed by atoms with Gasteiger partial charge < -0.3 is 40.3 Å². The Morgan fingerprint density at radius 1 is 0.557 bits per heavy atom. The third-order valence-corrected chi connectivity index (χ3v) is 11.5. The van der Waals surface area contributed by atoms with E-state index in [1.807, 2.05) is 6.08 Å². The highest BCUT2D eigenvalue weighted by atomic mass is 16.7. The Labute approximate surface area is 373 Å². The molecule has 0 spiro atoms. The smallest absolute Gasteiger partial charge is 0.220 e. The van der Waals surface area contributed by atoms with Gasteiger partial charge in [-0.2, -0.15) is 0 Å². The van der Waals surface area contributed by atoms with Gasteiger partial charge in [0.05, 0.1) is 25.4 Å². The lowest BCUT2D eigenvalue weighted by Crippen LogP contribution is -2.60. The fourth-order valence-corrected chi connectivity index (χ4v) is 7.51. The second-order valence-corrected chi connectivity index (χ2v) is 17.2. The van der Waals surface area contributed by atoms with Crippen molar-refractivity contribution in [2.45, 2.75) is 249 Å². The predicted octanol–water partition coefficient (Wildman–Crippen LogP) is 11.2. The maximum Gasteiger partial charge on any atom is 0.220 e. The van der Waals surface area contributed by atoms with Gasteiger partial charge in [0.2, 0.25) is 5.91 Å². The van der Waals surface area contributed by atoms with Crippen LogP contribution in [0.1, 0.15) is 206 Å². The van der Waals surface area contributed by atoms with Crippen molar-refractivity contribution >= 4 is 5.91 Å². The Morgan fingerprint density at radius 3 is 1.51 bits per heavy atom. The highest BCUT2D eigenvalue weighted by Gasteiger charge is 2.44. The van der Waals surface area contributed by atoms with E-state index in [1.165, 1.54) is 116 Å². The first-order valence-electron chi connectivity index (χ1n) is 25.0. The standard InChI is InChI=1S/C52H93NO8/c1-3-5-7-9-11-13-15-17-19-20-21-22-23-24-25-26-28-29-31-33-35-37-39-41-46(55)45(44-60-52-51(59)50(58)49(57)47(43-54)61-52)53-48(56)42-40-38-36-34-32-30-27-18-16-14-12-10-8-6-4-2/h12,14,18,25-27,31,33,39,41,45-47,49-52,54-55,57-59H,3-11,13,15-17,19-24,28-30,32,34-38,40,42-44H2,1-2H3,(H,53,56)/b14-12-,26-25+,27-18-,33-31+,41-39+. The summed E-state index contributed by atoms with van der Waals surface area (Å²) in [5, 5.41) is 54.2. The Balaban J connectivity index is 2.36. The molecule has 1 rings (SSSR count). The lowest BCUT2D eigenvalue weighted by Gasteiger charge is -2.40. The van der Waals surface area contributed by atoms with Gasteiger partial charge in [-0.05, 0) is 77.0 Å². The van der Waals surface area contributed by atoms with Crippen LogP contribution in [0.5, 0.6) is 0 Å². The van der Waals surface area contributed by atoms with Crippen LogP contribution >= 0.6 is 0 Å². The number of aliphatic hydroxyl groups excluding tert-OH is 5. The van der Waals surface area contributed by atoms with Gasteiger partial charge in [-0.3, -0.25) is 4.79 Å². The molecule has 1 heterocycles. The van der Waals surface area contributed by atoms with E-state index in [-0.39, 0.29) is 12.5 Å². The summed E-state index contributed by atoms with van der Waals surface area (Å²) in [6.45, 7) is 3.71. The predicted molar refractivity (Wildman–Crippen MR) is 253 cm³/mol. The van der Waals surface area contributed by atoms with Crippen molar-refractivity contribution < 1.29 is 39.8 Å². The third-order valence-electron chi connectivity index (χ3n) is 11.5. The Kier molecular flexibility index (Phi) is 39.1. The summed E-state index contributed by atoms with van der Waals surface area (Å²) in [5.41, 5.74) is 0. The van der Waals surface area contributed by atoms with Crippen molar-refractivity contribution in [3.8, 4) is 0 Å². The second kappa shape index (κ2) is 41.9. The number of amides is 1. The molecule has 1 amide bonds. The fraction of sp³-hybridized carbons (Fsp3) is 0.788. The molecule has 7 unspecified atom stereocenters. The summed E-state index contributed by atoms with van der Waals surface area (Å²) >= 11 is 0. The van der Waals surface area contributed by atoms with Gasteiger partial charge in [0.1, 0.15) is 24.4 Å². The maximum absolute atomic E-state index is 13.0. The van der Waals surface area contributed by atoms with Crippen molar-refractivity contribution in [2.24, 2.45) is 0 Å². The van der Waals surface area contributed by atoms with Crippen LogP contribution < -0.4 is 5.32 Å². The minimum atomic E-state index is -1.58. The van der Waals surface area contributed by atoms with Gasteiger partial charge in [-0.1, -0.05) is 184 Å². The average Bonchev–Trinajstić information content (AvgIpc) is 3.26. The number of carbonyl (C=O) groups excluding carboxylic acids is 1. The second-order valence-electron chi connectivity index (χ2n) is 17.2. The highest BCUT2D eigenvalue weighted by molar-refractivity contribution is 5.76. The quantitative estimate of drug-likeness (QED) is 0.0263. The normalized spacial score (nSPS) is 20.9. The van der Waals surface area contributed by atoms with E-state index in [2.05, 4.69) is 67.8 Å². The highest BCUT2D eigenvalue weighted by Crippen LogP contribution is 2.22. The van der Waals surface area contributed by atoms with Gasteiger partial charge in [-0.15, -0.1) is 0 Å². The third kappa shape index (κ3) is 32.2. The number of hydrogen-bond acceptors (Lipinski definition) is 8. The molecule has 0 radical (unpaired) electrons. The van der Waals surface area contributed by atoms with Crippen LogP contribution in [0.3, 0.4) is 0 Å². The first kappa shape index (κ1) is 56.9. The number of ether oxygens (including phenoxy) is 2. The summed E-state index contributed by atoms with van der Waals surface area (Å²) in [6.07, 6.45) is 48.4. The summed E-state index contributed by atoms with van der Waals surface area (Å²) in [5.74, 6) is -0.207. The van der Waals surface area contributed by atoms with E-state index < -0.39 is 49.5 Å². The summed E-state index contributed by atoms with van der Waals surface area (Å²) in [6, 6.07) is -0.837. The van der Waals surface area contributed by atoms with Crippen LogP contribution in [0, 0.1) is 0 Å². The van der Waals surface area contributed by atoms with Gasteiger partial charge in [0, 0.05) is 6.42 Å². The van der Waals surface area contributed by atoms with Crippen molar-refractivity contribution in [3.05, 3.63) is 60.8 Å². The molecule has 0 saturated carbocycles. The molecule has 354 valence electrons. The Morgan fingerprint density at radius 2 is 0.984 bits per heavy atom. The molecule has 0 aromatic heterocycles. The molecule has 9 heteroatoms. The zero-order valence-electron chi connectivity index (χ0n) is 38.9. The molecule has 0 bridgehead atoms. The Hall–Kier alpha value is -2.11. The van der Waals surface area contributed by atoms with Crippen molar-refractivity contribution in [1.29, 1.82) is 0 Å². The SMILES string of the molecule is CCCCC/C=C\C/C=C\CCCCCCCC(=O)NC(COC1OC(CO)C(O)C(O)C1O)C(O)/C=C/CC/C=C/CC/C=C/CCCCCCCCCCCCCCC. The number of unbranched alkanes of at least 4 members (excludes halogenated alkanes) is 23. The van der Waals surface area contributed by atoms with Gasteiger partial charge in [0.25, 0.3) is 0 Å². The molecule has 6 N–H and O–H groups in total. The molecule has 7 atom stereocenters. The first-order chi connectivity index (χ1) is 29.8. The monoisotopic (exact) mass is 860 g/mol. The molecule has 1 aliphatic heterocycles. The number of aliphatic hydroxyl groups is 5. The minimum Gasteiger partial charge on any atom is -0.394 e. The van der Waals surface area contributed by atoms with Gasteiger partial charge >= 0.3 is 0 Å². The molecular formula is C52H93NO8. The molecule has 0 aromatic carbocycles. The van der Waals surface area contributed by atoms with Crippen LogP contribution in [0.4, 0.5) is 0 Å². The molecule has 1 aliphatic rings.